The van der Waals surface area contributed by atoms with Crippen LogP contribution in [0, 0.1) is 0 Å². The molecule has 0 aromatic carbocycles. The molecule has 0 saturated heterocycles. The molecule has 14 nitrogen and oxygen atoms in total. The van der Waals surface area contributed by atoms with Crippen molar-refractivity contribution in [2.75, 3.05) is 19.6 Å². The minimum absolute atomic E-state index is 0.0154. The first kappa shape index (κ1) is 36.5. The molecular formula is C26H49N5O9. The van der Waals surface area contributed by atoms with Gasteiger partial charge < -0.3 is 45.9 Å². The van der Waals surface area contributed by atoms with Crippen LogP contribution in [0.5, 0.6) is 0 Å². The maximum absolute atomic E-state index is 12.8. The van der Waals surface area contributed by atoms with E-state index in [2.05, 4.69) is 26.6 Å². The van der Waals surface area contributed by atoms with Gasteiger partial charge in [0.15, 0.2) is 0 Å². The second-order valence-electron chi connectivity index (χ2n) is 12.2. The van der Waals surface area contributed by atoms with Gasteiger partial charge in [-0.15, -0.1) is 0 Å². The third-order valence-electron chi connectivity index (χ3n) is 4.59. The lowest BCUT2D eigenvalue weighted by Gasteiger charge is -2.25. The Hall–Kier alpha value is -3.45. The summed E-state index contributed by atoms with van der Waals surface area (Å²) in [5.74, 6) is -0.595. The summed E-state index contributed by atoms with van der Waals surface area (Å²) in [4.78, 5) is 60.0. The highest BCUT2D eigenvalue weighted by Gasteiger charge is 2.24. The Bertz CT molecular complexity index is 845. The monoisotopic (exact) mass is 575 g/mol. The number of ether oxygens (including phenoxy) is 3. The summed E-state index contributed by atoms with van der Waals surface area (Å²) < 4.78 is 15.6. The average molecular weight is 576 g/mol. The highest BCUT2D eigenvalue weighted by molar-refractivity contribution is 5.85. The summed E-state index contributed by atoms with van der Waals surface area (Å²) in [5.41, 5.74) is -2.03. The Balaban J connectivity index is 5.02. The van der Waals surface area contributed by atoms with Crippen molar-refractivity contribution in [3.8, 4) is 0 Å². The number of carbonyl (C=O) groups is 5. The van der Waals surface area contributed by atoms with Crippen LogP contribution in [0.3, 0.4) is 0 Å². The van der Waals surface area contributed by atoms with E-state index in [1.54, 1.807) is 62.3 Å². The fourth-order valence-corrected chi connectivity index (χ4v) is 3.13. The molecule has 0 bridgehead atoms. The topological polar surface area (TPSA) is 193 Å². The van der Waals surface area contributed by atoms with Crippen LogP contribution in [0.4, 0.5) is 19.2 Å². The van der Waals surface area contributed by atoms with Crippen molar-refractivity contribution < 1.29 is 43.3 Å². The number of hydrogen-bond acceptors (Lipinski definition) is 8. The summed E-state index contributed by atoms with van der Waals surface area (Å²) in [5, 5.41) is 21.9. The van der Waals surface area contributed by atoms with Crippen molar-refractivity contribution in [3.05, 3.63) is 0 Å². The van der Waals surface area contributed by atoms with Gasteiger partial charge in [-0.25, -0.2) is 19.2 Å². The Morgan fingerprint density at radius 1 is 0.625 bits per heavy atom. The highest BCUT2D eigenvalue weighted by Crippen LogP contribution is 2.09. The van der Waals surface area contributed by atoms with Crippen molar-refractivity contribution in [2.45, 2.75) is 117 Å². The van der Waals surface area contributed by atoms with E-state index in [1.165, 1.54) is 0 Å². The highest BCUT2D eigenvalue weighted by atomic mass is 16.6. The van der Waals surface area contributed by atoms with E-state index in [0.29, 0.717) is 19.3 Å². The Morgan fingerprint density at radius 3 is 1.48 bits per heavy atom. The van der Waals surface area contributed by atoms with Gasteiger partial charge in [-0.1, -0.05) is 0 Å². The first-order valence-corrected chi connectivity index (χ1v) is 13.4. The van der Waals surface area contributed by atoms with Gasteiger partial charge in [-0.05, 0) is 88.0 Å². The number of carboxylic acid groups (broad SMARTS) is 1. The summed E-state index contributed by atoms with van der Waals surface area (Å²) in [7, 11) is 0. The molecule has 0 aliphatic rings. The number of nitrogens with one attached hydrogen (secondary N) is 5. The van der Waals surface area contributed by atoms with Crippen LogP contribution in [0.2, 0.25) is 0 Å². The molecule has 40 heavy (non-hydrogen) atoms. The second-order valence-corrected chi connectivity index (χ2v) is 12.2. The molecule has 232 valence electrons. The third kappa shape index (κ3) is 21.5. The van der Waals surface area contributed by atoms with Gasteiger partial charge in [0.1, 0.15) is 22.8 Å². The normalized spacial score (nSPS) is 13.2. The number of amides is 5. The van der Waals surface area contributed by atoms with Crippen LogP contribution in [0.25, 0.3) is 0 Å². The maximum Gasteiger partial charge on any atom is 0.407 e. The molecule has 0 aliphatic heterocycles. The molecule has 0 spiro atoms. The molecule has 0 heterocycles. The van der Waals surface area contributed by atoms with E-state index >= 15 is 0 Å². The first-order valence-electron chi connectivity index (χ1n) is 13.4. The fourth-order valence-electron chi connectivity index (χ4n) is 3.13. The van der Waals surface area contributed by atoms with Gasteiger partial charge in [0, 0.05) is 25.7 Å². The van der Waals surface area contributed by atoms with Crippen LogP contribution in [0.1, 0.15) is 88.0 Å². The Morgan fingerprint density at radius 2 is 1.05 bits per heavy atom. The van der Waals surface area contributed by atoms with E-state index in [4.69, 9.17) is 19.3 Å². The molecule has 0 rings (SSSR count). The van der Waals surface area contributed by atoms with Crippen LogP contribution < -0.4 is 26.6 Å². The zero-order chi connectivity index (χ0) is 31.1. The molecule has 2 atom stereocenters. The fraction of sp³-hybridized carbons (Fsp3) is 0.808. The maximum atomic E-state index is 12.8. The predicted octanol–water partition coefficient (Wildman–Crippen LogP) is 3.24. The summed E-state index contributed by atoms with van der Waals surface area (Å²) in [6.45, 7) is 16.0. The van der Waals surface area contributed by atoms with Crippen LogP contribution in [-0.2, 0) is 19.0 Å². The summed E-state index contributed by atoms with van der Waals surface area (Å²) in [6.07, 6.45) is -2.02. The SMILES string of the molecule is CC(C)(C)OC(=O)NCCC[C@H](CNC(=O)[C@H](CCCNC(=O)OC(C)(C)C)NC(=O)O)NC(=O)OC(C)(C)C. The van der Waals surface area contributed by atoms with Gasteiger partial charge in [-0.2, -0.15) is 0 Å². The summed E-state index contributed by atoms with van der Waals surface area (Å²) in [6, 6.07) is -1.66. The van der Waals surface area contributed by atoms with E-state index in [9.17, 15) is 24.0 Å². The zero-order valence-corrected chi connectivity index (χ0v) is 25.3. The minimum Gasteiger partial charge on any atom is -0.465 e. The summed E-state index contributed by atoms with van der Waals surface area (Å²) >= 11 is 0. The zero-order valence-electron chi connectivity index (χ0n) is 25.3. The standard InChI is InChI=1S/C26H49N5O9/c1-24(2,3)38-21(35)27-14-10-12-17(30-23(37)40-26(7,8)9)16-29-19(32)18(31-20(33)34)13-11-15-28-22(36)39-25(4,5)6/h17-18,31H,10-16H2,1-9H3,(H,27,35)(H,28,36)(H,29,32)(H,30,37)(H,33,34)/t17-,18+/m1/s1. The molecule has 0 fully saturated rings. The van der Waals surface area contributed by atoms with Crippen molar-refractivity contribution in [2.24, 2.45) is 0 Å². The van der Waals surface area contributed by atoms with Gasteiger partial charge in [-0.3, -0.25) is 4.79 Å². The molecule has 0 aromatic heterocycles. The number of hydrogen-bond donors (Lipinski definition) is 6. The van der Waals surface area contributed by atoms with Gasteiger partial charge in [0.05, 0.1) is 0 Å². The predicted molar refractivity (Wildman–Crippen MR) is 148 cm³/mol. The molecule has 5 amide bonds. The first-order chi connectivity index (χ1) is 18.2. The van der Waals surface area contributed by atoms with Crippen molar-refractivity contribution in [1.29, 1.82) is 0 Å². The van der Waals surface area contributed by atoms with E-state index in [0.717, 1.165) is 0 Å². The van der Waals surface area contributed by atoms with Crippen LogP contribution >= 0.6 is 0 Å². The Kier molecular flexibility index (Phi) is 15.2. The quantitative estimate of drug-likeness (QED) is 0.141. The lowest BCUT2D eigenvalue weighted by atomic mass is 10.1. The molecular weight excluding hydrogens is 526 g/mol. The van der Waals surface area contributed by atoms with Crippen molar-refractivity contribution >= 4 is 30.3 Å². The molecule has 0 aliphatic carbocycles. The minimum atomic E-state index is -1.38. The molecule has 0 radical (unpaired) electrons. The Labute approximate surface area is 237 Å². The molecule has 14 heteroatoms. The van der Waals surface area contributed by atoms with Crippen LogP contribution in [-0.4, -0.2) is 83.9 Å². The lowest BCUT2D eigenvalue weighted by molar-refractivity contribution is -0.123. The van der Waals surface area contributed by atoms with Gasteiger partial charge >= 0.3 is 24.4 Å². The van der Waals surface area contributed by atoms with Crippen molar-refractivity contribution in [3.63, 3.8) is 0 Å². The smallest absolute Gasteiger partial charge is 0.407 e. The van der Waals surface area contributed by atoms with Crippen LogP contribution in [0.15, 0.2) is 0 Å². The third-order valence-corrected chi connectivity index (χ3v) is 4.59. The van der Waals surface area contributed by atoms with Gasteiger partial charge in [0.25, 0.3) is 0 Å². The largest absolute Gasteiger partial charge is 0.465 e. The van der Waals surface area contributed by atoms with E-state index in [-0.39, 0.29) is 26.1 Å². The molecule has 0 unspecified atom stereocenters. The molecule has 0 saturated carbocycles. The van der Waals surface area contributed by atoms with Crippen molar-refractivity contribution in [1.82, 2.24) is 26.6 Å². The lowest BCUT2D eigenvalue weighted by Crippen LogP contribution is -2.51. The number of alkyl carbamates (subject to hydrolysis) is 3. The number of carbonyl (C=O) groups excluding carboxylic acids is 4. The second kappa shape index (κ2) is 16.6. The van der Waals surface area contributed by atoms with Gasteiger partial charge in [0.2, 0.25) is 5.91 Å². The van der Waals surface area contributed by atoms with E-state index in [1.807, 2.05) is 0 Å². The molecule has 6 N–H and O–H groups in total. The average Bonchev–Trinajstić information content (AvgIpc) is 2.72. The molecule has 0 aromatic rings. The number of rotatable bonds is 13. The van der Waals surface area contributed by atoms with E-state index < -0.39 is 59.2 Å².